The van der Waals surface area contributed by atoms with Crippen LogP contribution in [0.5, 0.6) is 0 Å². The first-order valence-electron chi connectivity index (χ1n) is 4.67. The highest BCUT2D eigenvalue weighted by molar-refractivity contribution is 7.89. The van der Waals surface area contributed by atoms with E-state index < -0.39 is 22.0 Å². The Bertz CT molecular complexity index is 594. The Kier molecular flexibility index (Phi) is 4.67. The predicted molar refractivity (Wildman–Crippen MR) is 64.4 cm³/mol. The number of nitrogens with zero attached hydrogens (tertiary/aromatic N) is 1. The molecule has 0 bridgehead atoms. The molecule has 1 atom stereocenters. The number of halogens is 1. The number of aliphatic carboxylic acids is 1. The molecule has 0 aliphatic rings. The number of rotatable bonds is 5. The Morgan fingerprint density at radius 1 is 1.67 bits per heavy atom. The van der Waals surface area contributed by atoms with Crippen LogP contribution in [0.1, 0.15) is 6.42 Å². The summed E-state index contributed by atoms with van der Waals surface area (Å²) in [6.07, 6.45) is 6.01. The fourth-order valence-electron chi connectivity index (χ4n) is 1.12. The third kappa shape index (κ3) is 3.43. The van der Waals surface area contributed by atoms with Gasteiger partial charge in [0.15, 0.2) is 0 Å². The second-order valence-electron chi connectivity index (χ2n) is 3.21. The van der Waals surface area contributed by atoms with Gasteiger partial charge in [0.2, 0.25) is 10.0 Å². The lowest BCUT2D eigenvalue weighted by Crippen LogP contribution is -2.40. The zero-order valence-corrected chi connectivity index (χ0v) is 10.6. The highest BCUT2D eigenvalue weighted by atomic mass is 35.5. The van der Waals surface area contributed by atoms with Crippen molar-refractivity contribution in [2.45, 2.75) is 17.4 Å². The monoisotopic (exact) mass is 288 g/mol. The van der Waals surface area contributed by atoms with Gasteiger partial charge in [0.05, 0.1) is 0 Å². The normalized spacial score (nSPS) is 12.7. The van der Waals surface area contributed by atoms with E-state index in [4.69, 9.17) is 23.1 Å². The molecular formula is C10H9ClN2O4S. The Balaban J connectivity index is 3.06. The second-order valence-corrected chi connectivity index (χ2v) is 5.25. The zero-order chi connectivity index (χ0) is 13.8. The Hall–Kier alpha value is -1.62. The third-order valence-corrected chi connectivity index (χ3v) is 3.85. The molecule has 0 radical (unpaired) electrons. The van der Waals surface area contributed by atoms with E-state index in [0.717, 1.165) is 0 Å². The van der Waals surface area contributed by atoms with Gasteiger partial charge in [-0.25, -0.2) is 13.4 Å². The van der Waals surface area contributed by atoms with Crippen LogP contribution in [0.4, 0.5) is 0 Å². The standard InChI is InChI=1S/C10H9ClN2O4S/c1-2-4-7(10(14)15)13-18(16,17)8-5-3-6-12-9(8)11/h1,3,5-7,13H,4H2,(H,14,15). The summed E-state index contributed by atoms with van der Waals surface area (Å²) in [6, 6.07) is 1.18. The van der Waals surface area contributed by atoms with Gasteiger partial charge in [-0.05, 0) is 12.1 Å². The summed E-state index contributed by atoms with van der Waals surface area (Å²) in [6.45, 7) is 0. The molecule has 6 nitrogen and oxygen atoms in total. The Labute approximate surface area is 109 Å². The number of aromatic nitrogens is 1. The van der Waals surface area contributed by atoms with Crippen molar-refractivity contribution in [3.63, 3.8) is 0 Å². The van der Waals surface area contributed by atoms with Crippen LogP contribution < -0.4 is 4.72 Å². The molecule has 1 heterocycles. The maximum absolute atomic E-state index is 11.9. The average Bonchev–Trinajstić information content (AvgIpc) is 2.28. The molecule has 1 unspecified atom stereocenters. The number of pyridine rings is 1. The topological polar surface area (TPSA) is 96.4 Å². The maximum Gasteiger partial charge on any atom is 0.322 e. The van der Waals surface area contributed by atoms with Gasteiger partial charge in [-0.1, -0.05) is 11.6 Å². The van der Waals surface area contributed by atoms with Gasteiger partial charge in [-0.2, -0.15) is 4.72 Å². The van der Waals surface area contributed by atoms with Crippen LogP contribution in [-0.2, 0) is 14.8 Å². The van der Waals surface area contributed by atoms with Crippen molar-refractivity contribution in [3.05, 3.63) is 23.5 Å². The minimum Gasteiger partial charge on any atom is -0.480 e. The van der Waals surface area contributed by atoms with Gasteiger partial charge in [-0.3, -0.25) is 4.79 Å². The van der Waals surface area contributed by atoms with Gasteiger partial charge in [0.1, 0.15) is 16.1 Å². The van der Waals surface area contributed by atoms with Crippen molar-refractivity contribution >= 4 is 27.6 Å². The Morgan fingerprint density at radius 2 is 2.33 bits per heavy atom. The molecule has 0 fully saturated rings. The highest BCUT2D eigenvalue weighted by Crippen LogP contribution is 2.18. The van der Waals surface area contributed by atoms with Crippen LogP contribution in [0.2, 0.25) is 5.15 Å². The predicted octanol–water partition coefficient (Wildman–Crippen LogP) is 0.490. The summed E-state index contributed by atoms with van der Waals surface area (Å²) in [4.78, 5) is 14.1. The van der Waals surface area contributed by atoms with Crippen LogP contribution in [0, 0.1) is 12.3 Å². The van der Waals surface area contributed by atoms with Crippen molar-refractivity contribution in [1.29, 1.82) is 0 Å². The van der Waals surface area contributed by atoms with E-state index >= 15 is 0 Å². The molecule has 1 aromatic rings. The van der Waals surface area contributed by atoms with Crippen LogP contribution in [-0.4, -0.2) is 30.5 Å². The number of carbonyl (C=O) groups is 1. The maximum atomic E-state index is 11.9. The molecule has 18 heavy (non-hydrogen) atoms. The molecule has 2 N–H and O–H groups in total. The summed E-state index contributed by atoms with van der Waals surface area (Å²) >= 11 is 5.63. The summed E-state index contributed by atoms with van der Waals surface area (Å²) in [7, 11) is -4.08. The lowest BCUT2D eigenvalue weighted by molar-refractivity contribution is -0.138. The number of sulfonamides is 1. The smallest absolute Gasteiger partial charge is 0.322 e. The first kappa shape index (κ1) is 14.4. The summed E-state index contributed by atoms with van der Waals surface area (Å²) in [5.74, 6) is 0.717. The minimum atomic E-state index is -4.08. The number of terminal acetylenes is 1. The summed E-state index contributed by atoms with van der Waals surface area (Å²) < 4.78 is 25.7. The van der Waals surface area contributed by atoms with Crippen LogP contribution in [0.3, 0.4) is 0 Å². The van der Waals surface area contributed by atoms with Crippen molar-refractivity contribution in [3.8, 4) is 12.3 Å². The average molecular weight is 289 g/mol. The molecule has 1 rings (SSSR count). The zero-order valence-electron chi connectivity index (χ0n) is 9.00. The molecule has 1 aromatic heterocycles. The molecule has 0 aliphatic heterocycles. The van der Waals surface area contributed by atoms with Crippen LogP contribution in [0.25, 0.3) is 0 Å². The summed E-state index contributed by atoms with van der Waals surface area (Å²) in [5.41, 5.74) is 0. The fraction of sp³-hybridized carbons (Fsp3) is 0.200. The fourth-order valence-corrected chi connectivity index (χ4v) is 2.76. The van der Waals surface area contributed by atoms with Crippen molar-refractivity contribution in [2.24, 2.45) is 0 Å². The van der Waals surface area contributed by atoms with Gasteiger partial charge < -0.3 is 5.11 Å². The molecule has 0 aliphatic carbocycles. The first-order valence-corrected chi connectivity index (χ1v) is 6.53. The third-order valence-electron chi connectivity index (χ3n) is 1.93. The molecule has 8 heteroatoms. The largest absolute Gasteiger partial charge is 0.480 e. The molecule has 96 valence electrons. The number of hydrogen-bond donors (Lipinski definition) is 2. The van der Waals surface area contributed by atoms with Gasteiger partial charge >= 0.3 is 5.97 Å². The summed E-state index contributed by atoms with van der Waals surface area (Å²) in [5, 5.41) is 8.57. The lowest BCUT2D eigenvalue weighted by atomic mass is 10.2. The van der Waals surface area contributed by atoms with Crippen LogP contribution in [0.15, 0.2) is 23.2 Å². The number of hydrogen-bond acceptors (Lipinski definition) is 4. The number of carboxylic acid groups (broad SMARTS) is 1. The number of carboxylic acids is 1. The molecule has 0 aromatic carbocycles. The minimum absolute atomic E-state index is 0.241. The van der Waals surface area contributed by atoms with E-state index in [0.29, 0.717) is 0 Å². The van der Waals surface area contributed by atoms with Gasteiger partial charge in [0.25, 0.3) is 0 Å². The van der Waals surface area contributed by atoms with E-state index in [9.17, 15) is 13.2 Å². The second kappa shape index (κ2) is 5.82. The molecule has 0 amide bonds. The van der Waals surface area contributed by atoms with Crippen molar-refractivity contribution < 1.29 is 18.3 Å². The molecule has 0 saturated carbocycles. The lowest BCUT2D eigenvalue weighted by Gasteiger charge is -2.12. The quantitative estimate of drug-likeness (QED) is 0.607. The van der Waals surface area contributed by atoms with E-state index in [1.807, 2.05) is 4.72 Å². The van der Waals surface area contributed by atoms with E-state index in [1.54, 1.807) is 0 Å². The van der Waals surface area contributed by atoms with E-state index in [2.05, 4.69) is 10.9 Å². The van der Waals surface area contributed by atoms with Crippen LogP contribution >= 0.6 is 11.6 Å². The molecule has 0 saturated heterocycles. The highest BCUT2D eigenvalue weighted by Gasteiger charge is 2.26. The SMILES string of the molecule is C#CCC(NS(=O)(=O)c1cccnc1Cl)C(=O)O. The van der Waals surface area contributed by atoms with Gasteiger partial charge in [-0.15, -0.1) is 12.3 Å². The van der Waals surface area contributed by atoms with Crippen molar-refractivity contribution in [2.75, 3.05) is 0 Å². The Morgan fingerprint density at radius 3 is 2.83 bits per heavy atom. The number of nitrogens with one attached hydrogen (secondary N) is 1. The first-order chi connectivity index (χ1) is 8.38. The van der Waals surface area contributed by atoms with E-state index in [-0.39, 0.29) is 16.5 Å². The molecular weight excluding hydrogens is 280 g/mol. The van der Waals surface area contributed by atoms with Gasteiger partial charge in [0, 0.05) is 12.6 Å². The molecule has 0 spiro atoms. The van der Waals surface area contributed by atoms with E-state index in [1.165, 1.54) is 18.3 Å². The van der Waals surface area contributed by atoms with Crippen molar-refractivity contribution in [1.82, 2.24) is 9.71 Å².